The van der Waals surface area contributed by atoms with Crippen molar-refractivity contribution in [3.05, 3.63) is 87.9 Å². The number of imidazole rings is 1. The molecule has 1 heterocycles. The second-order valence-corrected chi connectivity index (χ2v) is 7.48. The summed E-state index contributed by atoms with van der Waals surface area (Å²) in [6.45, 7) is 0. The molecule has 0 radical (unpaired) electrons. The molecule has 1 aromatic heterocycles. The van der Waals surface area contributed by atoms with Gasteiger partial charge in [0, 0.05) is 17.3 Å². The molecule has 0 unspecified atom stereocenters. The van der Waals surface area contributed by atoms with Crippen molar-refractivity contribution in [2.45, 2.75) is 0 Å². The van der Waals surface area contributed by atoms with E-state index in [0.29, 0.717) is 49.3 Å². The number of halogens is 2. The molecule has 0 aliphatic rings. The van der Waals surface area contributed by atoms with Crippen molar-refractivity contribution in [2.24, 2.45) is 0 Å². The van der Waals surface area contributed by atoms with E-state index in [2.05, 4.69) is 15.3 Å². The van der Waals surface area contributed by atoms with E-state index in [9.17, 15) is 9.59 Å². The van der Waals surface area contributed by atoms with Crippen LogP contribution in [0.2, 0.25) is 10.0 Å². The topological polar surface area (TPSA) is 95.1 Å². The number of H-pyrrole nitrogens is 1. The van der Waals surface area contributed by atoms with Gasteiger partial charge < -0.3 is 15.4 Å². The summed E-state index contributed by atoms with van der Waals surface area (Å²) in [6, 6.07) is 17.2. The zero-order valence-electron chi connectivity index (χ0n) is 15.9. The number of carbonyl (C=O) groups excluding carboxylic acids is 1. The molecule has 154 valence electrons. The number of aromatic amines is 1. The van der Waals surface area contributed by atoms with Gasteiger partial charge >= 0.3 is 5.97 Å². The first-order chi connectivity index (χ1) is 14.9. The number of rotatable bonds is 5. The van der Waals surface area contributed by atoms with Crippen LogP contribution in [-0.2, 0) is 4.79 Å². The summed E-state index contributed by atoms with van der Waals surface area (Å²) in [6.07, 6.45) is 2.53. The number of hydrogen-bond acceptors (Lipinski definition) is 3. The van der Waals surface area contributed by atoms with Gasteiger partial charge in [-0.05, 0) is 54.1 Å². The lowest BCUT2D eigenvalue weighted by molar-refractivity contribution is -0.131. The Balaban J connectivity index is 1.56. The number of aliphatic carboxylic acids is 1. The van der Waals surface area contributed by atoms with E-state index in [1.165, 1.54) is 6.08 Å². The second-order valence-electron chi connectivity index (χ2n) is 6.66. The smallest absolute Gasteiger partial charge is 0.328 e. The van der Waals surface area contributed by atoms with Gasteiger partial charge in [-0.15, -0.1) is 0 Å². The summed E-state index contributed by atoms with van der Waals surface area (Å²) in [7, 11) is 0. The summed E-state index contributed by atoms with van der Waals surface area (Å²) < 4.78 is 0. The molecule has 0 bridgehead atoms. The third-order valence-corrected chi connectivity index (χ3v) is 5.16. The maximum Gasteiger partial charge on any atom is 0.328 e. The Kier molecular flexibility index (Phi) is 5.75. The van der Waals surface area contributed by atoms with Crippen LogP contribution in [-0.4, -0.2) is 27.0 Å². The van der Waals surface area contributed by atoms with E-state index >= 15 is 0 Å². The number of amides is 1. The molecule has 0 saturated heterocycles. The molecule has 1 amide bonds. The van der Waals surface area contributed by atoms with Crippen molar-refractivity contribution >= 4 is 57.9 Å². The second kappa shape index (κ2) is 8.63. The fraction of sp³-hybridized carbons (Fsp3) is 0. The Morgan fingerprint density at radius 3 is 2.39 bits per heavy atom. The lowest BCUT2D eigenvalue weighted by Gasteiger charge is -2.05. The fourth-order valence-electron chi connectivity index (χ4n) is 3.04. The first-order valence-corrected chi connectivity index (χ1v) is 9.93. The van der Waals surface area contributed by atoms with Crippen LogP contribution in [0.4, 0.5) is 5.69 Å². The first kappa shape index (κ1) is 20.7. The zero-order valence-corrected chi connectivity index (χ0v) is 17.4. The number of aromatic nitrogens is 2. The van der Waals surface area contributed by atoms with Gasteiger partial charge in [-0.3, -0.25) is 4.79 Å². The number of hydrogen-bond donors (Lipinski definition) is 3. The van der Waals surface area contributed by atoms with Crippen LogP contribution in [0, 0.1) is 0 Å². The molecule has 0 atom stereocenters. The fourth-order valence-corrected chi connectivity index (χ4v) is 3.62. The molecule has 3 N–H and O–H groups in total. The molecular weight excluding hydrogens is 437 g/mol. The summed E-state index contributed by atoms with van der Waals surface area (Å²) >= 11 is 12.5. The number of fused-ring (bicyclic) bond motifs is 1. The van der Waals surface area contributed by atoms with Crippen molar-refractivity contribution in [1.29, 1.82) is 0 Å². The largest absolute Gasteiger partial charge is 0.478 e. The molecule has 6 nitrogen and oxygen atoms in total. The minimum atomic E-state index is -1.02. The van der Waals surface area contributed by atoms with Gasteiger partial charge in [-0.2, -0.15) is 0 Å². The number of anilines is 1. The number of carboxylic acids is 1. The third-order valence-electron chi connectivity index (χ3n) is 4.53. The van der Waals surface area contributed by atoms with Crippen LogP contribution in [0.3, 0.4) is 0 Å². The third kappa shape index (κ3) is 4.60. The molecule has 4 rings (SSSR count). The van der Waals surface area contributed by atoms with Crippen LogP contribution in [0.5, 0.6) is 0 Å². The molecule has 31 heavy (non-hydrogen) atoms. The van der Waals surface area contributed by atoms with Gasteiger partial charge in [0.1, 0.15) is 5.82 Å². The highest BCUT2D eigenvalue weighted by molar-refractivity contribution is 6.39. The van der Waals surface area contributed by atoms with E-state index in [0.717, 1.165) is 6.08 Å². The molecule has 0 spiro atoms. The first-order valence-electron chi connectivity index (χ1n) is 9.17. The number of nitrogens with zero attached hydrogens (tertiary/aromatic N) is 1. The normalized spacial score (nSPS) is 11.2. The Bertz CT molecular complexity index is 1310. The zero-order chi connectivity index (χ0) is 22.0. The summed E-state index contributed by atoms with van der Waals surface area (Å²) in [5, 5.41) is 12.5. The Hall–Kier alpha value is -3.61. The summed E-state index contributed by atoms with van der Waals surface area (Å²) in [5.41, 5.74) is 3.70. The lowest BCUT2D eigenvalue weighted by Crippen LogP contribution is -2.11. The lowest BCUT2D eigenvalue weighted by atomic mass is 10.1. The van der Waals surface area contributed by atoms with Gasteiger partial charge in [0.15, 0.2) is 0 Å². The van der Waals surface area contributed by atoms with Crippen molar-refractivity contribution in [2.75, 3.05) is 5.32 Å². The SMILES string of the molecule is O=C(O)/C=C/c1ccc(NC(=O)c2ccc3nc(-c4c(Cl)cccc4Cl)[nH]c3c2)cc1. The van der Waals surface area contributed by atoms with Gasteiger partial charge in [-0.25, -0.2) is 9.78 Å². The van der Waals surface area contributed by atoms with E-state index in [4.69, 9.17) is 28.3 Å². The molecule has 4 aromatic rings. The van der Waals surface area contributed by atoms with E-state index < -0.39 is 5.97 Å². The maximum atomic E-state index is 12.7. The molecule has 0 aliphatic carbocycles. The predicted molar refractivity (Wildman–Crippen MR) is 123 cm³/mol. The van der Waals surface area contributed by atoms with E-state index in [1.807, 2.05) is 0 Å². The Morgan fingerprint density at radius 2 is 1.71 bits per heavy atom. The maximum absolute atomic E-state index is 12.7. The van der Waals surface area contributed by atoms with E-state index in [-0.39, 0.29) is 5.91 Å². The van der Waals surface area contributed by atoms with Gasteiger partial charge in [0.05, 0.1) is 26.6 Å². The summed E-state index contributed by atoms with van der Waals surface area (Å²) in [5.74, 6) is -0.789. The number of nitrogens with one attached hydrogen (secondary N) is 2. The number of benzene rings is 3. The van der Waals surface area contributed by atoms with Gasteiger partial charge in [-0.1, -0.05) is 41.4 Å². The Labute approximate surface area is 187 Å². The highest BCUT2D eigenvalue weighted by Crippen LogP contribution is 2.33. The number of carboxylic acid groups (broad SMARTS) is 1. The minimum Gasteiger partial charge on any atom is -0.478 e. The van der Waals surface area contributed by atoms with Gasteiger partial charge in [0.2, 0.25) is 0 Å². The van der Waals surface area contributed by atoms with Crippen LogP contribution >= 0.6 is 23.2 Å². The van der Waals surface area contributed by atoms with Crippen molar-refractivity contribution in [3.8, 4) is 11.4 Å². The Morgan fingerprint density at radius 1 is 1.00 bits per heavy atom. The van der Waals surface area contributed by atoms with Crippen molar-refractivity contribution in [3.63, 3.8) is 0 Å². The highest BCUT2D eigenvalue weighted by Gasteiger charge is 2.14. The van der Waals surface area contributed by atoms with Crippen LogP contribution in [0.15, 0.2) is 66.7 Å². The standard InChI is InChI=1S/C23H15Cl2N3O3/c24-16-2-1-3-17(25)21(16)22-27-18-10-7-14(12-19(18)28-22)23(31)26-15-8-4-13(5-9-15)6-11-20(29)30/h1-12H,(H,26,31)(H,27,28)(H,29,30)/b11-6+. The molecule has 0 fully saturated rings. The van der Waals surface area contributed by atoms with Crippen LogP contribution in [0.25, 0.3) is 28.5 Å². The van der Waals surface area contributed by atoms with E-state index in [1.54, 1.807) is 60.7 Å². The molecular formula is C23H15Cl2N3O3. The molecule has 8 heteroatoms. The minimum absolute atomic E-state index is 0.289. The van der Waals surface area contributed by atoms with Crippen LogP contribution in [0.1, 0.15) is 15.9 Å². The highest BCUT2D eigenvalue weighted by atomic mass is 35.5. The number of carbonyl (C=O) groups is 2. The van der Waals surface area contributed by atoms with Crippen molar-refractivity contribution < 1.29 is 14.7 Å². The van der Waals surface area contributed by atoms with Gasteiger partial charge in [0.25, 0.3) is 5.91 Å². The van der Waals surface area contributed by atoms with Crippen molar-refractivity contribution in [1.82, 2.24) is 9.97 Å². The summed E-state index contributed by atoms with van der Waals surface area (Å²) in [4.78, 5) is 30.9. The predicted octanol–water partition coefficient (Wildman–Crippen LogP) is 5.89. The molecule has 0 aliphatic heterocycles. The quantitative estimate of drug-likeness (QED) is 0.329. The van der Waals surface area contributed by atoms with Crippen LogP contribution < -0.4 is 5.32 Å². The monoisotopic (exact) mass is 451 g/mol. The molecule has 0 saturated carbocycles. The average molecular weight is 452 g/mol. The molecule has 3 aromatic carbocycles. The average Bonchev–Trinajstić information content (AvgIpc) is 3.15.